The van der Waals surface area contributed by atoms with Gasteiger partial charge in [-0.3, -0.25) is 0 Å². The fourth-order valence-electron chi connectivity index (χ4n) is 3.55. The van der Waals surface area contributed by atoms with Gasteiger partial charge in [0.05, 0.1) is 0 Å². The first-order valence-corrected chi connectivity index (χ1v) is 7.02. The van der Waals surface area contributed by atoms with E-state index in [2.05, 4.69) is 10.1 Å². The second-order valence-corrected chi connectivity index (χ2v) is 5.98. The summed E-state index contributed by atoms with van der Waals surface area (Å²) >= 11 is 0. The molecule has 2 nitrogen and oxygen atoms in total. The van der Waals surface area contributed by atoms with Crippen LogP contribution in [0.15, 0.2) is 24.3 Å². The molecule has 6 heteroatoms. The molecular formula is C15H19ClF3NO. The molecule has 0 atom stereocenters. The smallest absolute Gasteiger partial charge is 0.406 e. The molecule has 1 aromatic carbocycles. The molecular weight excluding hydrogens is 303 g/mol. The molecule has 118 valence electrons. The van der Waals surface area contributed by atoms with E-state index in [1.165, 1.54) is 25.0 Å². The minimum Gasteiger partial charge on any atom is -0.406 e. The first kappa shape index (κ1) is 16.4. The lowest BCUT2D eigenvalue weighted by molar-refractivity contribution is -0.274. The number of nitrogens with one attached hydrogen (secondary N) is 1. The molecule has 0 aromatic heterocycles. The molecule has 1 aliphatic carbocycles. The fraction of sp³-hybridized carbons (Fsp3) is 0.600. The Balaban J connectivity index is 0.00000161. The van der Waals surface area contributed by atoms with Gasteiger partial charge in [-0.1, -0.05) is 12.1 Å². The van der Waals surface area contributed by atoms with Crippen LogP contribution < -0.4 is 10.1 Å². The molecule has 2 fully saturated rings. The Labute approximate surface area is 128 Å². The topological polar surface area (TPSA) is 21.3 Å². The van der Waals surface area contributed by atoms with Gasteiger partial charge in [-0.15, -0.1) is 25.6 Å². The molecule has 3 rings (SSSR count). The number of rotatable bonds is 2. The Morgan fingerprint density at radius 2 is 1.81 bits per heavy atom. The summed E-state index contributed by atoms with van der Waals surface area (Å²) in [5, 5.41) is 3.35. The normalized spacial score (nSPS) is 21.5. The van der Waals surface area contributed by atoms with Gasteiger partial charge in [0, 0.05) is 0 Å². The predicted molar refractivity (Wildman–Crippen MR) is 76.9 cm³/mol. The average molecular weight is 322 g/mol. The zero-order valence-corrected chi connectivity index (χ0v) is 12.4. The molecule has 0 radical (unpaired) electrons. The number of benzene rings is 1. The van der Waals surface area contributed by atoms with Crippen molar-refractivity contribution in [2.24, 2.45) is 5.41 Å². The van der Waals surface area contributed by atoms with E-state index in [9.17, 15) is 13.2 Å². The van der Waals surface area contributed by atoms with Crippen LogP contribution in [0.5, 0.6) is 5.75 Å². The Bertz CT molecular complexity index is 478. The van der Waals surface area contributed by atoms with E-state index in [0.29, 0.717) is 11.3 Å². The largest absolute Gasteiger partial charge is 0.573 e. The van der Waals surface area contributed by atoms with Crippen molar-refractivity contribution in [1.29, 1.82) is 0 Å². The number of piperidine rings is 1. The zero-order valence-electron chi connectivity index (χ0n) is 11.6. The van der Waals surface area contributed by atoms with Crippen molar-refractivity contribution < 1.29 is 17.9 Å². The quantitative estimate of drug-likeness (QED) is 0.879. The minimum absolute atomic E-state index is 0. The third-order valence-corrected chi connectivity index (χ3v) is 4.59. The van der Waals surface area contributed by atoms with Crippen LogP contribution in [-0.4, -0.2) is 19.5 Å². The Hall–Kier alpha value is -0.940. The third kappa shape index (κ3) is 3.83. The maximum Gasteiger partial charge on any atom is 0.573 e. The van der Waals surface area contributed by atoms with Crippen molar-refractivity contribution in [2.75, 3.05) is 13.1 Å². The number of hydrogen-bond donors (Lipinski definition) is 1. The van der Waals surface area contributed by atoms with E-state index >= 15 is 0 Å². The summed E-state index contributed by atoms with van der Waals surface area (Å²) < 4.78 is 40.7. The van der Waals surface area contributed by atoms with Crippen molar-refractivity contribution in [2.45, 2.75) is 38.0 Å². The van der Waals surface area contributed by atoms with E-state index in [-0.39, 0.29) is 18.2 Å². The van der Waals surface area contributed by atoms with Gasteiger partial charge < -0.3 is 10.1 Å². The van der Waals surface area contributed by atoms with E-state index in [4.69, 9.17) is 0 Å². The van der Waals surface area contributed by atoms with Crippen LogP contribution in [0.25, 0.3) is 0 Å². The second-order valence-electron chi connectivity index (χ2n) is 5.98. The molecule has 1 aliphatic heterocycles. The van der Waals surface area contributed by atoms with Gasteiger partial charge in [0.1, 0.15) is 5.75 Å². The zero-order chi connectivity index (χ0) is 14.2. The van der Waals surface area contributed by atoms with Gasteiger partial charge >= 0.3 is 6.36 Å². The summed E-state index contributed by atoms with van der Waals surface area (Å²) in [6.45, 7) is 2.12. The SMILES string of the molecule is Cl.FC(F)(F)Oc1cccc(C2CC3(CCNCC3)C2)c1. The lowest BCUT2D eigenvalue weighted by atomic mass is 9.56. The second kappa shape index (κ2) is 6.05. The highest BCUT2D eigenvalue weighted by atomic mass is 35.5. The van der Waals surface area contributed by atoms with Crippen molar-refractivity contribution in [3.63, 3.8) is 0 Å². The number of hydrogen-bond acceptors (Lipinski definition) is 2. The Kier molecular flexibility index (Phi) is 4.73. The number of halogens is 4. The van der Waals surface area contributed by atoms with Gasteiger partial charge in [-0.05, 0) is 67.8 Å². The molecule has 1 saturated heterocycles. The highest BCUT2D eigenvalue weighted by molar-refractivity contribution is 5.85. The first-order chi connectivity index (χ1) is 9.46. The molecule has 0 amide bonds. The molecule has 1 saturated carbocycles. The van der Waals surface area contributed by atoms with Crippen molar-refractivity contribution >= 4 is 12.4 Å². The van der Waals surface area contributed by atoms with Crippen LogP contribution in [-0.2, 0) is 0 Å². The monoisotopic (exact) mass is 321 g/mol. The average Bonchev–Trinajstić information content (AvgIpc) is 2.35. The fourth-order valence-corrected chi connectivity index (χ4v) is 3.55. The van der Waals surface area contributed by atoms with Gasteiger partial charge in [-0.25, -0.2) is 0 Å². The number of alkyl halides is 3. The predicted octanol–water partition coefficient (Wildman–Crippen LogP) is 4.25. The van der Waals surface area contributed by atoms with Crippen molar-refractivity contribution in [3.8, 4) is 5.75 Å². The Morgan fingerprint density at radius 3 is 2.43 bits per heavy atom. The maximum atomic E-state index is 12.2. The van der Waals surface area contributed by atoms with E-state index in [0.717, 1.165) is 31.5 Å². The first-order valence-electron chi connectivity index (χ1n) is 7.02. The highest BCUT2D eigenvalue weighted by Crippen LogP contribution is 2.56. The summed E-state index contributed by atoms with van der Waals surface area (Å²) in [6, 6.07) is 6.44. The minimum atomic E-state index is -4.62. The molecule has 1 aromatic rings. The molecule has 1 heterocycles. The van der Waals surface area contributed by atoms with Gasteiger partial charge in [0.15, 0.2) is 0 Å². The highest BCUT2D eigenvalue weighted by Gasteiger charge is 2.45. The summed E-state index contributed by atoms with van der Waals surface area (Å²) in [7, 11) is 0. The molecule has 1 N–H and O–H groups in total. The summed E-state index contributed by atoms with van der Waals surface area (Å²) in [5.41, 5.74) is 1.40. The van der Waals surface area contributed by atoms with Gasteiger partial charge in [0.25, 0.3) is 0 Å². The van der Waals surface area contributed by atoms with Gasteiger partial charge in [-0.2, -0.15) is 0 Å². The van der Waals surface area contributed by atoms with Crippen LogP contribution >= 0.6 is 12.4 Å². The van der Waals surface area contributed by atoms with Crippen LogP contribution in [0, 0.1) is 5.41 Å². The lowest BCUT2D eigenvalue weighted by Crippen LogP contribution is -2.44. The maximum absolute atomic E-state index is 12.2. The van der Waals surface area contributed by atoms with Crippen LogP contribution in [0.4, 0.5) is 13.2 Å². The molecule has 21 heavy (non-hydrogen) atoms. The lowest BCUT2D eigenvalue weighted by Gasteiger charge is -2.50. The van der Waals surface area contributed by atoms with Crippen molar-refractivity contribution in [1.82, 2.24) is 5.32 Å². The van der Waals surface area contributed by atoms with Crippen molar-refractivity contribution in [3.05, 3.63) is 29.8 Å². The van der Waals surface area contributed by atoms with Crippen LogP contribution in [0.2, 0.25) is 0 Å². The molecule has 1 spiro atoms. The van der Waals surface area contributed by atoms with Gasteiger partial charge in [0.2, 0.25) is 0 Å². The molecule has 2 aliphatic rings. The van der Waals surface area contributed by atoms with Crippen LogP contribution in [0.1, 0.15) is 37.2 Å². The summed E-state index contributed by atoms with van der Waals surface area (Å²) in [4.78, 5) is 0. The van der Waals surface area contributed by atoms with E-state index < -0.39 is 6.36 Å². The van der Waals surface area contributed by atoms with E-state index in [1.54, 1.807) is 6.07 Å². The summed E-state index contributed by atoms with van der Waals surface area (Å²) in [6.07, 6.45) is -0.0761. The van der Waals surface area contributed by atoms with Crippen LogP contribution in [0.3, 0.4) is 0 Å². The standard InChI is InChI=1S/C15H18F3NO.ClH/c16-15(17,18)20-13-3-1-2-11(8-13)12-9-14(10-12)4-6-19-7-5-14;/h1-3,8,12,19H,4-7,9-10H2;1H. The molecule has 0 bridgehead atoms. The van der Waals surface area contributed by atoms with E-state index in [1.807, 2.05) is 6.07 Å². The molecule has 0 unspecified atom stereocenters. The number of ether oxygens (including phenoxy) is 1. The Morgan fingerprint density at radius 1 is 1.14 bits per heavy atom. The summed E-state index contributed by atoms with van der Waals surface area (Å²) in [5.74, 6) is 0.270. The third-order valence-electron chi connectivity index (χ3n) is 4.59.